The van der Waals surface area contributed by atoms with Crippen LogP contribution in [0, 0.1) is 0 Å². The Morgan fingerprint density at radius 1 is 1.16 bits per heavy atom. The molecule has 1 unspecified atom stereocenters. The number of benzene rings is 2. The van der Waals surface area contributed by atoms with E-state index < -0.39 is 0 Å². The smallest absolute Gasteiger partial charge is 0.135 e. The summed E-state index contributed by atoms with van der Waals surface area (Å²) in [6, 6.07) is 16.4. The molecule has 2 nitrogen and oxygen atoms in total. The van der Waals surface area contributed by atoms with Crippen molar-refractivity contribution in [3.63, 3.8) is 0 Å². The molecule has 1 aliphatic heterocycles. The molecule has 0 N–H and O–H groups in total. The molecule has 1 atom stereocenters. The van der Waals surface area contributed by atoms with E-state index in [1.54, 1.807) is 0 Å². The summed E-state index contributed by atoms with van der Waals surface area (Å²) in [4.78, 5) is 0. The molecule has 0 bridgehead atoms. The summed E-state index contributed by atoms with van der Waals surface area (Å²) in [6.45, 7) is 4.83. The molecule has 0 amide bonds. The van der Waals surface area contributed by atoms with Gasteiger partial charge in [-0.15, -0.1) is 0 Å². The lowest BCUT2D eigenvalue weighted by atomic mass is 9.91. The minimum Gasteiger partial charge on any atom is -0.494 e. The van der Waals surface area contributed by atoms with Crippen LogP contribution in [-0.4, -0.2) is 6.61 Å². The van der Waals surface area contributed by atoms with Gasteiger partial charge in [0.2, 0.25) is 0 Å². The van der Waals surface area contributed by atoms with Crippen LogP contribution in [0.4, 0.5) is 0 Å². The second-order valence-electron chi connectivity index (χ2n) is 5.08. The minimum atomic E-state index is -0.269. The first-order chi connectivity index (χ1) is 9.21. The van der Waals surface area contributed by atoms with Gasteiger partial charge in [0.1, 0.15) is 17.1 Å². The Balaban J connectivity index is 1.91. The second kappa shape index (κ2) is 4.61. The Bertz CT molecular complexity index is 577. The highest BCUT2D eigenvalue weighted by Crippen LogP contribution is 2.42. The summed E-state index contributed by atoms with van der Waals surface area (Å²) in [5.41, 5.74) is 2.16. The lowest BCUT2D eigenvalue weighted by Gasteiger charge is -2.24. The van der Waals surface area contributed by atoms with Gasteiger partial charge < -0.3 is 9.47 Å². The number of rotatable bonds is 3. The summed E-state index contributed by atoms with van der Waals surface area (Å²) in [5.74, 6) is 1.89. The van der Waals surface area contributed by atoms with Gasteiger partial charge in [-0.2, -0.15) is 0 Å². The maximum Gasteiger partial charge on any atom is 0.135 e. The van der Waals surface area contributed by atoms with E-state index in [2.05, 4.69) is 37.3 Å². The molecule has 2 aromatic rings. The van der Waals surface area contributed by atoms with E-state index >= 15 is 0 Å². The molecule has 19 heavy (non-hydrogen) atoms. The van der Waals surface area contributed by atoms with E-state index in [1.807, 2.05) is 25.1 Å². The number of hydrogen-bond donors (Lipinski definition) is 0. The Labute approximate surface area is 114 Å². The molecule has 0 aromatic heterocycles. The molecule has 2 aromatic carbocycles. The van der Waals surface area contributed by atoms with Gasteiger partial charge in [-0.3, -0.25) is 0 Å². The van der Waals surface area contributed by atoms with Gasteiger partial charge in [0.15, 0.2) is 0 Å². The van der Waals surface area contributed by atoms with E-state index in [0.29, 0.717) is 6.61 Å². The normalized spacial score (nSPS) is 20.7. The van der Waals surface area contributed by atoms with Crippen molar-refractivity contribution in [3.8, 4) is 11.5 Å². The zero-order valence-corrected chi connectivity index (χ0v) is 11.3. The van der Waals surface area contributed by atoms with E-state index in [9.17, 15) is 0 Å². The highest BCUT2D eigenvalue weighted by molar-refractivity contribution is 5.46. The average Bonchev–Trinajstić information content (AvgIpc) is 2.77. The van der Waals surface area contributed by atoms with Gasteiger partial charge in [-0.25, -0.2) is 0 Å². The first-order valence-corrected chi connectivity index (χ1v) is 6.71. The van der Waals surface area contributed by atoms with Crippen LogP contribution in [0.5, 0.6) is 11.5 Å². The summed E-state index contributed by atoms with van der Waals surface area (Å²) in [7, 11) is 0. The van der Waals surface area contributed by atoms with E-state index in [-0.39, 0.29) is 5.60 Å². The average molecular weight is 254 g/mol. The van der Waals surface area contributed by atoms with Crippen LogP contribution in [-0.2, 0) is 12.0 Å². The lowest BCUT2D eigenvalue weighted by molar-refractivity contribution is 0.116. The number of hydrogen-bond acceptors (Lipinski definition) is 2. The van der Waals surface area contributed by atoms with Crippen LogP contribution in [0.15, 0.2) is 48.5 Å². The first-order valence-electron chi connectivity index (χ1n) is 6.71. The third kappa shape index (κ3) is 2.19. The predicted molar refractivity (Wildman–Crippen MR) is 75.7 cm³/mol. The van der Waals surface area contributed by atoms with Crippen molar-refractivity contribution in [2.24, 2.45) is 0 Å². The predicted octanol–water partition coefficient (Wildman–Crippen LogP) is 3.94. The van der Waals surface area contributed by atoms with Crippen LogP contribution in [0.3, 0.4) is 0 Å². The maximum absolute atomic E-state index is 6.16. The van der Waals surface area contributed by atoms with Crippen LogP contribution in [0.25, 0.3) is 0 Å². The third-order valence-corrected chi connectivity index (χ3v) is 3.59. The zero-order chi connectivity index (χ0) is 13.3. The molecule has 3 rings (SSSR count). The van der Waals surface area contributed by atoms with E-state index in [0.717, 1.165) is 17.9 Å². The Kier molecular flexibility index (Phi) is 2.94. The van der Waals surface area contributed by atoms with Gasteiger partial charge in [0.05, 0.1) is 6.61 Å². The lowest BCUT2D eigenvalue weighted by Crippen LogP contribution is -2.26. The zero-order valence-electron chi connectivity index (χ0n) is 11.3. The number of fused-ring (bicyclic) bond motifs is 1. The van der Waals surface area contributed by atoms with Crippen molar-refractivity contribution in [2.45, 2.75) is 25.9 Å². The van der Waals surface area contributed by atoms with Crippen molar-refractivity contribution in [1.82, 2.24) is 0 Å². The van der Waals surface area contributed by atoms with Crippen molar-refractivity contribution in [2.75, 3.05) is 6.61 Å². The topological polar surface area (TPSA) is 18.5 Å². The third-order valence-electron chi connectivity index (χ3n) is 3.59. The molecule has 98 valence electrons. The molecule has 0 spiro atoms. The standard InChI is InChI=1S/C17H18O2/c1-3-18-15-9-10-16-13(11-15)12-17(2,19-16)14-7-5-4-6-8-14/h4-11H,3,12H2,1-2H3. The van der Waals surface area contributed by atoms with Gasteiger partial charge in [0, 0.05) is 12.0 Å². The van der Waals surface area contributed by atoms with Crippen LogP contribution in [0.2, 0.25) is 0 Å². The summed E-state index contributed by atoms with van der Waals surface area (Å²) < 4.78 is 11.7. The molecule has 0 saturated carbocycles. The van der Waals surface area contributed by atoms with E-state index in [1.165, 1.54) is 11.1 Å². The fraction of sp³-hybridized carbons (Fsp3) is 0.294. The SMILES string of the molecule is CCOc1ccc2c(c1)CC(C)(c1ccccc1)O2. The largest absolute Gasteiger partial charge is 0.494 e. The Morgan fingerprint density at radius 3 is 2.68 bits per heavy atom. The van der Waals surface area contributed by atoms with Gasteiger partial charge in [-0.05, 0) is 37.6 Å². The van der Waals surface area contributed by atoms with E-state index in [4.69, 9.17) is 9.47 Å². The summed E-state index contributed by atoms with van der Waals surface area (Å²) >= 11 is 0. The van der Waals surface area contributed by atoms with Gasteiger partial charge in [-0.1, -0.05) is 30.3 Å². The van der Waals surface area contributed by atoms with Crippen molar-refractivity contribution < 1.29 is 9.47 Å². The van der Waals surface area contributed by atoms with Gasteiger partial charge >= 0.3 is 0 Å². The van der Waals surface area contributed by atoms with Crippen LogP contribution < -0.4 is 9.47 Å². The molecule has 1 heterocycles. The fourth-order valence-electron chi connectivity index (χ4n) is 2.64. The van der Waals surface area contributed by atoms with Crippen LogP contribution in [0.1, 0.15) is 25.0 Å². The molecule has 1 aliphatic rings. The summed E-state index contributed by atoms with van der Waals surface area (Å²) in [6.07, 6.45) is 0.882. The minimum absolute atomic E-state index is 0.269. The molecule has 0 aliphatic carbocycles. The summed E-state index contributed by atoms with van der Waals surface area (Å²) in [5, 5.41) is 0. The molecular weight excluding hydrogens is 236 g/mol. The quantitative estimate of drug-likeness (QED) is 0.826. The molecule has 0 fully saturated rings. The molecule has 0 radical (unpaired) electrons. The molecule has 2 heteroatoms. The van der Waals surface area contributed by atoms with Gasteiger partial charge in [0.25, 0.3) is 0 Å². The Hall–Kier alpha value is -1.96. The fourth-order valence-corrected chi connectivity index (χ4v) is 2.64. The monoisotopic (exact) mass is 254 g/mol. The molecular formula is C17H18O2. The Morgan fingerprint density at radius 2 is 1.95 bits per heavy atom. The number of ether oxygens (including phenoxy) is 2. The highest BCUT2D eigenvalue weighted by atomic mass is 16.5. The van der Waals surface area contributed by atoms with Crippen molar-refractivity contribution in [3.05, 3.63) is 59.7 Å². The second-order valence-corrected chi connectivity index (χ2v) is 5.08. The van der Waals surface area contributed by atoms with Crippen LogP contribution >= 0.6 is 0 Å². The maximum atomic E-state index is 6.16. The first kappa shape index (κ1) is 12.1. The molecule has 0 saturated heterocycles. The van der Waals surface area contributed by atoms with Crippen molar-refractivity contribution >= 4 is 0 Å². The highest BCUT2D eigenvalue weighted by Gasteiger charge is 2.36. The van der Waals surface area contributed by atoms with Crippen molar-refractivity contribution in [1.29, 1.82) is 0 Å².